The molecule has 19 heavy (non-hydrogen) atoms. The lowest BCUT2D eigenvalue weighted by Gasteiger charge is -2.19. The van der Waals surface area contributed by atoms with Gasteiger partial charge >= 0.3 is 5.97 Å². The standard InChI is InChI=1S/C7H6O2.C5H12O5/c8-7(9)6-4-2-1-3-5-6;6-1-3(8)5(10)4(9)2-7/h1-5H,(H,8,9);3-10H,1-2H2/t;3-,4+,5?. The maximum Gasteiger partial charge on any atom is 0.335 e. The average molecular weight is 274 g/mol. The number of hydrogen-bond acceptors (Lipinski definition) is 6. The Labute approximate surface area is 110 Å². The van der Waals surface area contributed by atoms with Gasteiger partial charge in [0.2, 0.25) is 0 Å². The zero-order chi connectivity index (χ0) is 14.8. The van der Waals surface area contributed by atoms with Gasteiger partial charge in [0.25, 0.3) is 0 Å². The monoisotopic (exact) mass is 274 g/mol. The molecule has 0 heterocycles. The molecular formula is C12H18O7. The van der Waals surface area contributed by atoms with E-state index in [1.807, 2.05) is 0 Å². The molecule has 1 aromatic rings. The van der Waals surface area contributed by atoms with Crippen LogP contribution in [-0.2, 0) is 0 Å². The number of carboxylic acids is 1. The Kier molecular flexibility index (Phi) is 8.68. The third kappa shape index (κ3) is 6.85. The van der Waals surface area contributed by atoms with Gasteiger partial charge in [-0.15, -0.1) is 0 Å². The second-order valence-corrected chi connectivity index (χ2v) is 3.66. The van der Waals surface area contributed by atoms with Crippen LogP contribution in [0.15, 0.2) is 30.3 Å². The highest BCUT2D eigenvalue weighted by Crippen LogP contribution is 1.98. The highest BCUT2D eigenvalue weighted by atomic mass is 16.4. The molecule has 0 spiro atoms. The van der Waals surface area contributed by atoms with Crippen molar-refractivity contribution in [2.75, 3.05) is 13.2 Å². The third-order valence-corrected chi connectivity index (χ3v) is 2.18. The molecule has 0 aliphatic carbocycles. The van der Waals surface area contributed by atoms with E-state index in [0.29, 0.717) is 5.56 Å². The molecule has 0 amide bonds. The van der Waals surface area contributed by atoms with Gasteiger partial charge in [-0.1, -0.05) is 18.2 Å². The predicted molar refractivity (Wildman–Crippen MR) is 65.6 cm³/mol. The highest BCUT2D eigenvalue weighted by Gasteiger charge is 2.22. The highest BCUT2D eigenvalue weighted by molar-refractivity contribution is 5.87. The minimum Gasteiger partial charge on any atom is -0.478 e. The van der Waals surface area contributed by atoms with Crippen molar-refractivity contribution in [2.24, 2.45) is 0 Å². The molecule has 0 saturated heterocycles. The lowest BCUT2D eigenvalue weighted by atomic mass is 10.1. The van der Waals surface area contributed by atoms with Crippen molar-refractivity contribution < 1.29 is 35.4 Å². The number of hydrogen-bond donors (Lipinski definition) is 6. The van der Waals surface area contributed by atoms with Crippen LogP contribution in [0.2, 0.25) is 0 Å². The topological polar surface area (TPSA) is 138 Å². The summed E-state index contributed by atoms with van der Waals surface area (Å²) >= 11 is 0. The molecule has 7 heteroatoms. The summed E-state index contributed by atoms with van der Waals surface area (Å²) in [5.74, 6) is -0.879. The molecule has 0 saturated carbocycles. The molecule has 0 aliphatic rings. The minimum absolute atomic E-state index is 0.331. The van der Waals surface area contributed by atoms with Gasteiger partial charge in [0.1, 0.15) is 18.3 Å². The maximum atomic E-state index is 10.2. The number of rotatable bonds is 5. The second kappa shape index (κ2) is 9.42. The average Bonchev–Trinajstić information content (AvgIpc) is 2.46. The Bertz CT molecular complexity index is 344. The van der Waals surface area contributed by atoms with Crippen LogP contribution < -0.4 is 0 Å². The number of benzene rings is 1. The first-order valence-corrected chi connectivity index (χ1v) is 5.48. The fourth-order valence-electron chi connectivity index (χ4n) is 1.05. The summed E-state index contributed by atoms with van der Waals surface area (Å²) in [5, 5.41) is 51.0. The zero-order valence-corrected chi connectivity index (χ0v) is 10.1. The molecule has 7 nitrogen and oxygen atoms in total. The first-order chi connectivity index (χ1) is 8.93. The van der Waals surface area contributed by atoms with Gasteiger partial charge in [-0.05, 0) is 12.1 Å². The molecule has 3 atom stereocenters. The van der Waals surface area contributed by atoms with Crippen LogP contribution in [-0.4, -0.2) is 68.1 Å². The Balaban J connectivity index is 0.000000342. The molecule has 0 bridgehead atoms. The quantitative estimate of drug-likeness (QED) is 0.381. The molecule has 108 valence electrons. The second-order valence-electron chi connectivity index (χ2n) is 3.66. The lowest BCUT2D eigenvalue weighted by molar-refractivity contribution is -0.0900. The van der Waals surface area contributed by atoms with E-state index < -0.39 is 37.5 Å². The summed E-state index contributed by atoms with van der Waals surface area (Å²) in [6.07, 6.45) is -4.29. The van der Waals surface area contributed by atoms with Crippen LogP contribution in [0.3, 0.4) is 0 Å². The van der Waals surface area contributed by atoms with Crippen molar-refractivity contribution in [1.82, 2.24) is 0 Å². The van der Waals surface area contributed by atoms with Crippen molar-refractivity contribution in [3.63, 3.8) is 0 Å². The smallest absolute Gasteiger partial charge is 0.335 e. The summed E-state index contributed by atoms with van der Waals surface area (Å²) in [5.41, 5.74) is 0.331. The fraction of sp³-hybridized carbons (Fsp3) is 0.417. The fourth-order valence-corrected chi connectivity index (χ4v) is 1.05. The molecule has 0 aromatic heterocycles. The first-order valence-electron chi connectivity index (χ1n) is 5.48. The third-order valence-electron chi connectivity index (χ3n) is 2.18. The van der Waals surface area contributed by atoms with Gasteiger partial charge in [0, 0.05) is 0 Å². The number of carboxylic acid groups (broad SMARTS) is 1. The van der Waals surface area contributed by atoms with Crippen LogP contribution in [0.25, 0.3) is 0 Å². The van der Waals surface area contributed by atoms with E-state index in [9.17, 15) is 4.79 Å². The summed E-state index contributed by atoms with van der Waals surface area (Å²) in [7, 11) is 0. The molecule has 0 aliphatic heterocycles. The van der Waals surface area contributed by atoms with Gasteiger partial charge in [-0.25, -0.2) is 4.79 Å². The largest absolute Gasteiger partial charge is 0.478 e. The van der Waals surface area contributed by atoms with E-state index in [2.05, 4.69) is 0 Å². The van der Waals surface area contributed by atoms with E-state index in [0.717, 1.165) is 0 Å². The molecule has 0 radical (unpaired) electrons. The van der Waals surface area contributed by atoms with Gasteiger partial charge < -0.3 is 30.6 Å². The van der Waals surface area contributed by atoms with Crippen LogP contribution in [0, 0.1) is 0 Å². The molecular weight excluding hydrogens is 256 g/mol. The summed E-state index contributed by atoms with van der Waals surface area (Å²) < 4.78 is 0. The molecule has 0 fully saturated rings. The Hall–Kier alpha value is -1.51. The summed E-state index contributed by atoms with van der Waals surface area (Å²) in [6.45, 7) is -1.28. The van der Waals surface area contributed by atoms with Crippen LogP contribution in [0.4, 0.5) is 0 Å². The van der Waals surface area contributed by atoms with Crippen molar-refractivity contribution in [3.05, 3.63) is 35.9 Å². The molecule has 1 aromatic carbocycles. The van der Waals surface area contributed by atoms with Crippen LogP contribution >= 0.6 is 0 Å². The van der Waals surface area contributed by atoms with E-state index >= 15 is 0 Å². The van der Waals surface area contributed by atoms with Crippen LogP contribution in [0.5, 0.6) is 0 Å². The Morgan fingerprint density at radius 3 is 1.63 bits per heavy atom. The maximum absolute atomic E-state index is 10.2. The van der Waals surface area contributed by atoms with Crippen molar-refractivity contribution in [3.8, 4) is 0 Å². The van der Waals surface area contributed by atoms with Crippen molar-refractivity contribution >= 4 is 5.97 Å². The van der Waals surface area contributed by atoms with Crippen LogP contribution in [0.1, 0.15) is 10.4 Å². The van der Waals surface area contributed by atoms with E-state index in [1.165, 1.54) is 0 Å². The normalized spacial score (nSPS) is 14.8. The van der Waals surface area contributed by atoms with Gasteiger partial charge in [-0.2, -0.15) is 0 Å². The number of aliphatic hydroxyl groups is 5. The van der Waals surface area contributed by atoms with Crippen molar-refractivity contribution in [2.45, 2.75) is 18.3 Å². The minimum atomic E-state index is -1.49. The van der Waals surface area contributed by atoms with Gasteiger partial charge in [-0.3, -0.25) is 0 Å². The SMILES string of the molecule is O=C(O)c1ccccc1.OC[C@@H](O)C(O)[C@@H](O)CO. The molecule has 6 N–H and O–H groups in total. The van der Waals surface area contributed by atoms with Crippen molar-refractivity contribution in [1.29, 1.82) is 0 Å². The summed E-state index contributed by atoms with van der Waals surface area (Å²) in [6, 6.07) is 8.30. The van der Waals surface area contributed by atoms with E-state index in [4.69, 9.17) is 30.6 Å². The predicted octanol–water partition coefficient (Wildman–Crippen LogP) is -1.56. The number of carbonyl (C=O) groups is 1. The summed E-state index contributed by atoms with van der Waals surface area (Å²) in [4.78, 5) is 10.2. The number of aromatic carboxylic acids is 1. The van der Waals surface area contributed by atoms with E-state index in [-0.39, 0.29) is 0 Å². The number of aliphatic hydroxyl groups excluding tert-OH is 5. The van der Waals surface area contributed by atoms with E-state index in [1.54, 1.807) is 30.3 Å². The Morgan fingerprint density at radius 1 is 0.947 bits per heavy atom. The zero-order valence-electron chi connectivity index (χ0n) is 10.1. The lowest BCUT2D eigenvalue weighted by Crippen LogP contribution is -2.41. The van der Waals surface area contributed by atoms with Gasteiger partial charge in [0.15, 0.2) is 0 Å². The molecule has 1 rings (SSSR count). The Morgan fingerprint density at radius 2 is 1.37 bits per heavy atom. The molecule has 1 unspecified atom stereocenters. The first kappa shape index (κ1) is 17.5. The van der Waals surface area contributed by atoms with Gasteiger partial charge in [0.05, 0.1) is 18.8 Å².